The molecule has 1 aliphatic rings. The van der Waals surface area contributed by atoms with Crippen molar-refractivity contribution in [1.29, 1.82) is 0 Å². The number of H-pyrrole nitrogens is 1. The second-order valence-electron chi connectivity index (χ2n) is 8.66. The molecule has 1 saturated heterocycles. The fraction of sp³-hybridized carbons (Fsp3) is 0.458. The predicted molar refractivity (Wildman–Crippen MR) is 141 cm³/mol. The van der Waals surface area contributed by atoms with Gasteiger partial charge in [-0.2, -0.15) is 0 Å². The normalized spacial score (nSPS) is 23.8. The zero-order chi connectivity index (χ0) is 28.1. The highest BCUT2D eigenvalue weighted by Crippen LogP contribution is 2.48. The van der Waals surface area contributed by atoms with Gasteiger partial charge in [0.05, 0.1) is 12.7 Å². The second kappa shape index (κ2) is 12.4. The number of aliphatic hydroxyl groups is 2. The summed E-state index contributed by atoms with van der Waals surface area (Å²) in [6.07, 6.45) is -3.47. The molecule has 2 unspecified atom stereocenters. The molecule has 0 spiro atoms. The number of aromatic nitrogens is 2. The summed E-state index contributed by atoms with van der Waals surface area (Å²) < 4.78 is 23.7. The third-order valence-corrected chi connectivity index (χ3v) is 7.92. The van der Waals surface area contributed by atoms with Gasteiger partial charge in [-0.1, -0.05) is 24.1 Å². The molecule has 1 aromatic heterocycles. The lowest BCUT2D eigenvalue weighted by molar-refractivity contribution is -0.361. The molecule has 206 valence electrons. The first-order chi connectivity index (χ1) is 17.9. The van der Waals surface area contributed by atoms with Crippen molar-refractivity contribution in [2.45, 2.75) is 63.9 Å². The smallest absolute Gasteiger partial charge is 0.330 e. The number of para-hydroxylation sites is 1. The number of esters is 1. The van der Waals surface area contributed by atoms with Gasteiger partial charge in [-0.05, 0) is 51.6 Å². The van der Waals surface area contributed by atoms with E-state index in [1.165, 1.54) is 6.92 Å². The molecule has 6 atom stereocenters. The average Bonchev–Trinajstić information content (AvgIpc) is 2.84. The van der Waals surface area contributed by atoms with Gasteiger partial charge in [-0.15, -0.1) is 5.92 Å². The molecule has 0 bridgehead atoms. The van der Waals surface area contributed by atoms with E-state index in [1.807, 2.05) is 0 Å². The number of hydrogen-bond acceptors (Lipinski definition) is 10. The number of nitrogens with one attached hydrogen (secondary N) is 2. The minimum Gasteiger partial charge on any atom is -0.462 e. The lowest BCUT2D eigenvalue weighted by Crippen LogP contribution is -2.73. The minimum absolute atomic E-state index is 0.337. The van der Waals surface area contributed by atoms with Crippen LogP contribution < -0.4 is 20.9 Å². The van der Waals surface area contributed by atoms with Crippen molar-refractivity contribution in [2.75, 3.05) is 6.61 Å². The van der Waals surface area contributed by atoms with E-state index in [4.69, 9.17) is 30.3 Å². The Labute approximate surface area is 224 Å². The van der Waals surface area contributed by atoms with Crippen molar-refractivity contribution >= 4 is 24.4 Å². The van der Waals surface area contributed by atoms with Crippen molar-refractivity contribution < 1.29 is 33.5 Å². The zero-order valence-corrected chi connectivity index (χ0v) is 22.9. The quantitative estimate of drug-likeness (QED) is 0.171. The molecule has 38 heavy (non-hydrogen) atoms. The Balaban J connectivity index is 1.83. The topological polar surface area (TPSA) is 161 Å². The highest BCUT2D eigenvalue weighted by molar-refractivity contribution is 8.09. The van der Waals surface area contributed by atoms with Crippen LogP contribution in [-0.2, 0) is 36.3 Å². The summed E-state index contributed by atoms with van der Waals surface area (Å²) in [7, 11) is 0. The average molecular weight is 568 g/mol. The molecule has 0 aliphatic carbocycles. The van der Waals surface area contributed by atoms with E-state index in [2.05, 4.69) is 21.9 Å². The van der Waals surface area contributed by atoms with Crippen LogP contribution in [-0.4, -0.2) is 62.8 Å². The summed E-state index contributed by atoms with van der Waals surface area (Å²) in [4.78, 5) is 38.4. The maximum absolute atomic E-state index is 12.5. The van der Waals surface area contributed by atoms with Gasteiger partial charge in [0.15, 0.2) is 6.10 Å². The first-order valence-electron chi connectivity index (χ1n) is 11.7. The highest BCUT2D eigenvalue weighted by atomic mass is 32.5. The van der Waals surface area contributed by atoms with Crippen LogP contribution in [0.15, 0.2) is 52.2 Å². The Hall–Kier alpha value is -2.82. The molecule has 4 N–H and O–H groups in total. The third-order valence-electron chi connectivity index (χ3n) is 5.42. The fourth-order valence-electron chi connectivity index (χ4n) is 3.69. The van der Waals surface area contributed by atoms with Gasteiger partial charge in [0.1, 0.15) is 24.0 Å². The number of ether oxygens (including phenoxy) is 2. The first kappa shape index (κ1) is 29.7. The maximum Gasteiger partial charge on any atom is 0.330 e. The van der Waals surface area contributed by atoms with Crippen LogP contribution in [0, 0.1) is 11.8 Å². The Morgan fingerprint density at radius 1 is 1.29 bits per heavy atom. The third kappa shape index (κ3) is 6.59. The van der Waals surface area contributed by atoms with E-state index in [0.717, 1.165) is 16.8 Å². The van der Waals surface area contributed by atoms with Gasteiger partial charge in [0.2, 0.25) is 5.72 Å². The standard InChI is InChI=1S/C24H30N3O9PS/c1-5-9-19(28)24(27-13-12-20(29)25-23(27)32)21(30)18(35-24)14-33-37(38,36-17-10-7-6-8-11-17)26-16(4)22(31)34-15(2)3/h6-8,10-13,15-16,18-19,21,28,30H,14H2,1-4H3,(H,26,38)(H,25,29,32)/t16?,18-,19+,21-,24-,37?/m1/s1. The molecule has 14 heteroatoms. The summed E-state index contributed by atoms with van der Waals surface area (Å²) in [5.41, 5.74) is -3.59. The molecular weight excluding hydrogens is 537 g/mol. The number of aromatic amines is 1. The Morgan fingerprint density at radius 2 is 1.97 bits per heavy atom. The number of aliphatic hydroxyl groups excluding tert-OH is 2. The molecule has 12 nitrogen and oxygen atoms in total. The number of benzene rings is 1. The van der Waals surface area contributed by atoms with Crippen LogP contribution in [0.5, 0.6) is 5.75 Å². The molecule has 3 rings (SSSR count). The van der Waals surface area contributed by atoms with E-state index in [-0.39, 0.29) is 12.7 Å². The van der Waals surface area contributed by atoms with Gasteiger partial charge in [-0.3, -0.25) is 19.1 Å². The lowest BCUT2D eigenvalue weighted by atomic mass is 9.88. The van der Waals surface area contributed by atoms with Crippen LogP contribution in [0.25, 0.3) is 0 Å². The van der Waals surface area contributed by atoms with Crippen molar-refractivity contribution in [1.82, 2.24) is 14.6 Å². The van der Waals surface area contributed by atoms with E-state index < -0.39 is 53.9 Å². The molecule has 1 fully saturated rings. The van der Waals surface area contributed by atoms with E-state index in [9.17, 15) is 24.6 Å². The van der Waals surface area contributed by atoms with Crippen molar-refractivity contribution in [3.8, 4) is 17.6 Å². The van der Waals surface area contributed by atoms with Crippen LogP contribution in [0.4, 0.5) is 0 Å². The molecule has 0 amide bonds. The molecular formula is C24H30N3O9PS. The Kier molecular flexibility index (Phi) is 9.67. The summed E-state index contributed by atoms with van der Waals surface area (Å²) in [6.45, 7) is 2.66. The van der Waals surface area contributed by atoms with Gasteiger partial charge >= 0.3 is 18.3 Å². The summed E-state index contributed by atoms with van der Waals surface area (Å²) in [5, 5.41) is 24.6. The van der Waals surface area contributed by atoms with E-state index in [1.54, 1.807) is 51.1 Å². The van der Waals surface area contributed by atoms with Gasteiger partial charge in [0, 0.05) is 12.3 Å². The lowest BCUT2D eigenvalue weighted by Gasteiger charge is -2.53. The molecule has 2 heterocycles. The fourth-order valence-corrected chi connectivity index (χ4v) is 6.11. The monoisotopic (exact) mass is 567 g/mol. The Bertz CT molecular complexity index is 1350. The highest BCUT2D eigenvalue weighted by Gasteiger charge is 2.62. The van der Waals surface area contributed by atoms with Gasteiger partial charge in [-0.25, -0.2) is 9.88 Å². The molecule has 1 aliphatic heterocycles. The number of rotatable bonds is 11. The van der Waals surface area contributed by atoms with Crippen LogP contribution in [0.2, 0.25) is 0 Å². The summed E-state index contributed by atoms with van der Waals surface area (Å²) in [5.74, 6) is 4.79. The van der Waals surface area contributed by atoms with Gasteiger partial charge < -0.3 is 28.7 Å². The van der Waals surface area contributed by atoms with Crippen LogP contribution in [0.1, 0.15) is 27.7 Å². The predicted octanol–water partition coefficient (Wildman–Crippen LogP) is 0.583. The maximum atomic E-state index is 12.5. The van der Waals surface area contributed by atoms with Crippen LogP contribution in [0.3, 0.4) is 0 Å². The van der Waals surface area contributed by atoms with Gasteiger partial charge in [0.25, 0.3) is 5.56 Å². The number of carbonyl (C=O) groups excluding carboxylic acids is 1. The minimum atomic E-state index is -3.44. The number of hydrogen-bond donors (Lipinski definition) is 4. The number of carbonyl (C=O) groups is 1. The summed E-state index contributed by atoms with van der Waals surface area (Å²) in [6, 6.07) is 8.72. The van der Waals surface area contributed by atoms with Crippen molar-refractivity contribution in [3.05, 3.63) is 63.4 Å². The molecule has 2 aromatic rings. The second-order valence-corrected chi connectivity index (χ2v) is 11.8. The number of nitrogens with zero attached hydrogens (tertiary/aromatic N) is 1. The Morgan fingerprint density at radius 3 is 2.55 bits per heavy atom. The summed E-state index contributed by atoms with van der Waals surface area (Å²) >= 11 is 5.64. The van der Waals surface area contributed by atoms with Crippen LogP contribution >= 0.6 is 6.64 Å². The molecule has 0 saturated carbocycles. The SMILES string of the molecule is CC#C[C@H](O)[C@@]1(n2ccc(=O)[nH]c2=O)O[C@H](COP(=S)(NC(C)C(=O)OC(C)C)Oc2ccccc2)[C@H]1O. The van der Waals surface area contributed by atoms with Crippen molar-refractivity contribution in [3.63, 3.8) is 0 Å². The van der Waals surface area contributed by atoms with E-state index >= 15 is 0 Å². The van der Waals surface area contributed by atoms with E-state index in [0.29, 0.717) is 5.75 Å². The molecule has 1 aromatic carbocycles. The molecule has 0 radical (unpaired) electrons. The largest absolute Gasteiger partial charge is 0.462 e. The zero-order valence-electron chi connectivity index (χ0n) is 21.2. The first-order valence-corrected chi connectivity index (χ1v) is 14.3. The van der Waals surface area contributed by atoms with Crippen molar-refractivity contribution in [2.24, 2.45) is 0 Å².